The molecule has 1 rings (SSSR count). The molecule has 112 valence electrons. The summed E-state index contributed by atoms with van der Waals surface area (Å²) in [5.74, 6) is 0. The van der Waals surface area contributed by atoms with Crippen LogP contribution in [0.15, 0.2) is 29.4 Å². The van der Waals surface area contributed by atoms with Crippen LogP contribution in [0.2, 0.25) is 0 Å². The zero-order valence-electron chi connectivity index (χ0n) is 13.1. The summed E-state index contributed by atoms with van der Waals surface area (Å²) in [7, 11) is 0. The number of pyridine rings is 1. The molecule has 0 N–H and O–H groups in total. The van der Waals surface area contributed by atoms with E-state index in [-0.39, 0.29) is 0 Å². The molecule has 1 heterocycles. The fraction of sp³-hybridized carbons (Fsp3) is 0.667. The Balaban J connectivity index is 1.84. The first-order chi connectivity index (χ1) is 9.93. The average Bonchev–Trinajstić information content (AvgIpc) is 2.49. The van der Waals surface area contributed by atoms with Crippen molar-refractivity contribution in [1.82, 2.24) is 4.98 Å². The van der Waals surface area contributed by atoms with Gasteiger partial charge in [0.15, 0.2) is 0 Å². The lowest BCUT2D eigenvalue weighted by Crippen LogP contribution is -1.88. The van der Waals surface area contributed by atoms with Crippen molar-refractivity contribution >= 4 is 6.21 Å². The van der Waals surface area contributed by atoms with Crippen molar-refractivity contribution in [3.8, 4) is 0 Å². The number of aliphatic imine (C=N–C) groups is 1. The minimum absolute atomic E-state index is 0.938. The summed E-state index contributed by atoms with van der Waals surface area (Å²) >= 11 is 0. The summed E-state index contributed by atoms with van der Waals surface area (Å²) < 4.78 is 0. The minimum Gasteiger partial charge on any atom is -0.291 e. The molecule has 2 nitrogen and oxygen atoms in total. The fourth-order valence-electron chi connectivity index (χ4n) is 2.30. The van der Waals surface area contributed by atoms with Gasteiger partial charge in [0.05, 0.1) is 5.69 Å². The summed E-state index contributed by atoms with van der Waals surface area (Å²) in [6, 6.07) is 5.91. The highest BCUT2D eigenvalue weighted by atomic mass is 14.7. The van der Waals surface area contributed by atoms with Gasteiger partial charge in [-0.1, -0.05) is 70.8 Å². The summed E-state index contributed by atoms with van der Waals surface area (Å²) in [4.78, 5) is 8.64. The standard InChI is InChI=1S/C18H30N2/c1-2-3-4-5-6-7-8-9-10-12-15-19-17-18-14-11-13-16-20-18/h11,13-14,16-17H,2-10,12,15H2,1H3/b19-17+. The number of rotatable bonds is 12. The van der Waals surface area contributed by atoms with Gasteiger partial charge in [-0.05, 0) is 18.6 Å². The van der Waals surface area contributed by atoms with E-state index in [0.717, 1.165) is 12.2 Å². The third-order valence-electron chi connectivity index (χ3n) is 3.55. The van der Waals surface area contributed by atoms with Crippen molar-refractivity contribution in [3.05, 3.63) is 30.1 Å². The van der Waals surface area contributed by atoms with Gasteiger partial charge in [-0.2, -0.15) is 0 Å². The van der Waals surface area contributed by atoms with Crippen molar-refractivity contribution in [1.29, 1.82) is 0 Å². The highest BCUT2D eigenvalue weighted by Crippen LogP contribution is 2.10. The number of unbranched alkanes of at least 4 members (excludes halogenated alkanes) is 9. The van der Waals surface area contributed by atoms with E-state index >= 15 is 0 Å². The molecule has 1 aromatic heterocycles. The van der Waals surface area contributed by atoms with Gasteiger partial charge >= 0.3 is 0 Å². The number of hydrogen-bond donors (Lipinski definition) is 0. The van der Waals surface area contributed by atoms with Crippen LogP contribution in [0.4, 0.5) is 0 Å². The second-order valence-corrected chi connectivity index (χ2v) is 5.47. The third kappa shape index (κ3) is 9.71. The van der Waals surface area contributed by atoms with Crippen LogP contribution in [-0.4, -0.2) is 17.7 Å². The van der Waals surface area contributed by atoms with Gasteiger partial charge in [-0.3, -0.25) is 9.98 Å². The molecule has 0 atom stereocenters. The third-order valence-corrected chi connectivity index (χ3v) is 3.55. The second kappa shape index (κ2) is 12.8. The molecular formula is C18H30N2. The van der Waals surface area contributed by atoms with Gasteiger partial charge in [0.2, 0.25) is 0 Å². The zero-order valence-corrected chi connectivity index (χ0v) is 13.1. The molecule has 0 unspecified atom stereocenters. The summed E-state index contributed by atoms with van der Waals surface area (Å²) in [5, 5.41) is 0. The molecule has 0 bridgehead atoms. The van der Waals surface area contributed by atoms with Gasteiger partial charge < -0.3 is 0 Å². The molecule has 0 radical (unpaired) electrons. The summed E-state index contributed by atoms with van der Waals surface area (Å²) in [6.45, 7) is 3.21. The van der Waals surface area contributed by atoms with Crippen LogP contribution in [0, 0.1) is 0 Å². The highest BCUT2D eigenvalue weighted by Gasteiger charge is 1.92. The predicted molar refractivity (Wildman–Crippen MR) is 88.5 cm³/mol. The van der Waals surface area contributed by atoms with E-state index in [1.165, 1.54) is 64.2 Å². The van der Waals surface area contributed by atoms with E-state index in [0.29, 0.717) is 0 Å². The Morgan fingerprint density at radius 1 is 0.900 bits per heavy atom. The van der Waals surface area contributed by atoms with Crippen LogP contribution >= 0.6 is 0 Å². The molecule has 0 fully saturated rings. The molecule has 20 heavy (non-hydrogen) atoms. The van der Waals surface area contributed by atoms with Crippen molar-refractivity contribution in [2.45, 2.75) is 71.1 Å². The number of nitrogens with zero attached hydrogens (tertiary/aromatic N) is 2. The predicted octanol–water partition coefficient (Wildman–Crippen LogP) is 5.42. The lowest BCUT2D eigenvalue weighted by molar-refractivity contribution is 0.558. The first-order valence-electron chi connectivity index (χ1n) is 8.34. The molecule has 0 spiro atoms. The van der Waals surface area contributed by atoms with E-state index in [1.54, 1.807) is 0 Å². The van der Waals surface area contributed by atoms with E-state index in [1.807, 2.05) is 30.6 Å². The van der Waals surface area contributed by atoms with Gasteiger partial charge in [-0.25, -0.2) is 0 Å². The fourth-order valence-corrected chi connectivity index (χ4v) is 2.30. The Kier molecular flexibility index (Phi) is 10.8. The molecular weight excluding hydrogens is 244 g/mol. The van der Waals surface area contributed by atoms with Gasteiger partial charge in [-0.15, -0.1) is 0 Å². The Bertz CT molecular complexity index is 333. The van der Waals surface area contributed by atoms with Crippen LogP contribution in [0.3, 0.4) is 0 Å². The number of aromatic nitrogens is 1. The van der Waals surface area contributed by atoms with E-state index < -0.39 is 0 Å². The van der Waals surface area contributed by atoms with Crippen LogP contribution in [0.5, 0.6) is 0 Å². The molecule has 0 aliphatic carbocycles. The first-order valence-corrected chi connectivity index (χ1v) is 8.34. The maximum absolute atomic E-state index is 4.42. The van der Waals surface area contributed by atoms with Gasteiger partial charge in [0, 0.05) is 19.0 Å². The van der Waals surface area contributed by atoms with Crippen LogP contribution < -0.4 is 0 Å². The van der Waals surface area contributed by atoms with Crippen LogP contribution in [-0.2, 0) is 0 Å². The first kappa shape index (κ1) is 16.9. The lowest BCUT2D eigenvalue weighted by Gasteiger charge is -2.01. The zero-order chi connectivity index (χ0) is 14.3. The molecule has 0 aliphatic rings. The van der Waals surface area contributed by atoms with E-state index in [4.69, 9.17) is 0 Å². The summed E-state index contributed by atoms with van der Waals surface area (Å²) in [6.07, 6.45) is 17.4. The molecule has 0 amide bonds. The molecule has 0 aromatic carbocycles. The average molecular weight is 274 g/mol. The maximum Gasteiger partial charge on any atom is 0.0807 e. The largest absolute Gasteiger partial charge is 0.291 e. The summed E-state index contributed by atoms with van der Waals surface area (Å²) in [5.41, 5.74) is 0.958. The van der Waals surface area contributed by atoms with Crippen molar-refractivity contribution in [2.75, 3.05) is 6.54 Å². The number of hydrogen-bond acceptors (Lipinski definition) is 2. The monoisotopic (exact) mass is 274 g/mol. The SMILES string of the molecule is CCCCCCCCCCCC/N=C/c1ccccn1. The van der Waals surface area contributed by atoms with Crippen molar-refractivity contribution in [3.63, 3.8) is 0 Å². The van der Waals surface area contributed by atoms with Gasteiger partial charge in [0.1, 0.15) is 0 Å². The Hall–Kier alpha value is -1.18. The van der Waals surface area contributed by atoms with E-state index in [2.05, 4.69) is 16.9 Å². The van der Waals surface area contributed by atoms with Crippen LogP contribution in [0.25, 0.3) is 0 Å². The quantitative estimate of drug-likeness (QED) is 0.369. The molecule has 0 saturated carbocycles. The maximum atomic E-state index is 4.42. The smallest absolute Gasteiger partial charge is 0.0807 e. The highest BCUT2D eigenvalue weighted by molar-refractivity contribution is 5.76. The molecule has 1 aromatic rings. The minimum atomic E-state index is 0.938. The molecule has 2 heteroatoms. The topological polar surface area (TPSA) is 25.2 Å². The van der Waals surface area contributed by atoms with E-state index in [9.17, 15) is 0 Å². The Labute approximate surface area is 124 Å². The Morgan fingerprint density at radius 2 is 1.55 bits per heavy atom. The normalized spacial score (nSPS) is 11.2. The molecule has 0 saturated heterocycles. The van der Waals surface area contributed by atoms with Gasteiger partial charge in [0.25, 0.3) is 0 Å². The second-order valence-electron chi connectivity index (χ2n) is 5.47. The van der Waals surface area contributed by atoms with Crippen molar-refractivity contribution in [2.24, 2.45) is 4.99 Å². The van der Waals surface area contributed by atoms with Crippen molar-refractivity contribution < 1.29 is 0 Å². The Morgan fingerprint density at radius 3 is 2.15 bits per heavy atom. The molecule has 0 aliphatic heterocycles. The lowest BCUT2D eigenvalue weighted by atomic mass is 10.1. The van der Waals surface area contributed by atoms with Crippen LogP contribution in [0.1, 0.15) is 76.8 Å².